The molecule has 2 fully saturated rings. The second-order valence-electron chi connectivity index (χ2n) is 6.66. The van der Waals surface area contributed by atoms with Crippen LogP contribution in [0.2, 0.25) is 0 Å². The summed E-state index contributed by atoms with van der Waals surface area (Å²) in [5, 5.41) is 0.479. The Hall–Kier alpha value is -1.38. The van der Waals surface area contributed by atoms with E-state index in [2.05, 4.69) is 24.0 Å². The van der Waals surface area contributed by atoms with Crippen LogP contribution in [0.25, 0.3) is 0 Å². The van der Waals surface area contributed by atoms with Crippen molar-refractivity contribution in [2.24, 2.45) is 4.99 Å². The number of fused-ring (bicyclic) bond motifs is 1. The molecule has 2 aliphatic rings. The number of unbranched alkanes of at least 4 members (excludes halogenated alkanes) is 1. The molecule has 2 saturated heterocycles. The highest BCUT2D eigenvalue weighted by Gasteiger charge is 2.49. The molecule has 142 valence electrons. The summed E-state index contributed by atoms with van der Waals surface area (Å²) in [4.78, 5) is 18.0. The van der Waals surface area contributed by atoms with Gasteiger partial charge in [-0.2, -0.15) is 4.99 Å². The Labute approximate surface area is 158 Å². The lowest BCUT2D eigenvalue weighted by Crippen LogP contribution is -2.37. The normalized spacial score (nSPS) is 25.6. The average molecular weight is 397 g/mol. The van der Waals surface area contributed by atoms with Gasteiger partial charge in [-0.15, -0.1) is 0 Å². The fourth-order valence-electron chi connectivity index (χ4n) is 3.33. The molecule has 26 heavy (non-hydrogen) atoms. The number of sulfone groups is 1. The minimum atomic E-state index is -3.06. The summed E-state index contributed by atoms with van der Waals surface area (Å²) >= 11 is 1.38. The number of amides is 1. The van der Waals surface area contributed by atoms with Crippen LogP contribution in [-0.4, -0.2) is 56.0 Å². The Bertz CT molecular complexity index is 790. The number of hydrogen-bond acceptors (Lipinski definition) is 5. The maximum Gasteiger partial charge on any atom is 0.274 e. The first kappa shape index (κ1) is 19.4. The number of methoxy groups -OCH3 is 1. The molecule has 0 bridgehead atoms. The number of benzene rings is 1. The molecule has 0 unspecified atom stereocenters. The van der Waals surface area contributed by atoms with Crippen LogP contribution in [0.3, 0.4) is 0 Å². The zero-order valence-corrected chi connectivity index (χ0v) is 16.7. The molecule has 2 aliphatic heterocycles. The van der Waals surface area contributed by atoms with Gasteiger partial charge in [0.15, 0.2) is 15.0 Å². The molecular weight excluding hydrogens is 372 g/mol. The van der Waals surface area contributed by atoms with Gasteiger partial charge in [-0.3, -0.25) is 4.79 Å². The lowest BCUT2D eigenvalue weighted by molar-refractivity contribution is -0.121. The van der Waals surface area contributed by atoms with E-state index < -0.39 is 9.84 Å². The van der Waals surface area contributed by atoms with E-state index in [0.717, 1.165) is 24.9 Å². The lowest BCUT2D eigenvalue weighted by Gasteiger charge is -2.24. The average Bonchev–Trinajstić information content (AvgIpc) is 3.04. The van der Waals surface area contributed by atoms with Crippen LogP contribution in [0.1, 0.15) is 25.3 Å². The Morgan fingerprint density at radius 1 is 1.31 bits per heavy atom. The third-order valence-electron chi connectivity index (χ3n) is 4.59. The van der Waals surface area contributed by atoms with Crippen molar-refractivity contribution in [2.45, 2.75) is 37.5 Å². The van der Waals surface area contributed by atoms with Gasteiger partial charge in [0.05, 0.1) is 17.5 Å². The molecule has 1 amide bonds. The third-order valence-corrected chi connectivity index (χ3v) is 7.80. The molecule has 8 heteroatoms. The summed E-state index contributed by atoms with van der Waals surface area (Å²) < 4.78 is 29.0. The van der Waals surface area contributed by atoms with Crippen LogP contribution in [0.4, 0.5) is 5.69 Å². The van der Waals surface area contributed by atoms with Gasteiger partial charge in [0.2, 0.25) is 0 Å². The number of thioether (sulfide) groups is 1. The Morgan fingerprint density at radius 2 is 2.04 bits per heavy atom. The van der Waals surface area contributed by atoms with Crippen molar-refractivity contribution >= 4 is 38.4 Å². The van der Waals surface area contributed by atoms with E-state index in [-0.39, 0.29) is 35.3 Å². The smallest absolute Gasteiger partial charge is 0.274 e. The number of aryl methyl sites for hydroxylation is 1. The molecule has 6 nitrogen and oxygen atoms in total. The summed E-state index contributed by atoms with van der Waals surface area (Å²) in [5.41, 5.74) is 2.14. The van der Waals surface area contributed by atoms with Crippen molar-refractivity contribution in [2.75, 3.05) is 30.1 Å². The maximum absolute atomic E-state index is 12.1. The first-order valence-electron chi connectivity index (χ1n) is 8.79. The van der Waals surface area contributed by atoms with E-state index >= 15 is 0 Å². The predicted molar refractivity (Wildman–Crippen MR) is 106 cm³/mol. The Morgan fingerprint density at radius 3 is 2.69 bits per heavy atom. The molecule has 2 atom stereocenters. The van der Waals surface area contributed by atoms with E-state index in [4.69, 9.17) is 4.74 Å². The van der Waals surface area contributed by atoms with E-state index in [0.29, 0.717) is 5.17 Å². The number of ether oxygens (including phenoxy) is 1. The van der Waals surface area contributed by atoms with Crippen molar-refractivity contribution in [1.29, 1.82) is 0 Å². The molecule has 1 aromatic carbocycles. The molecule has 0 saturated carbocycles. The van der Waals surface area contributed by atoms with E-state index in [9.17, 15) is 13.2 Å². The van der Waals surface area contributed by atoms with Gasteiger partial charge in [0.1, 0.15) is 6.61 Å². The molecular formula is C18H24N2O4S2. The van der Waals surface area contributed by atoms with E-state index in [1.807, 2.05) is 17.0 Å². The van der Waals surface area contributed by atoms with Crippen LogP contribution >= 0.6 is 11.8 Å². The fraction of sp³-hybridized carbons (Fsp3) is 0.556. The summed E-state index contributed by atoms with van der Waals surface area (Å²) in [6.07, 6.45) is 3.31. The second-order valence-corrected chi connectivity index (χ2v) is 10.0. The second kappa shape index (κ2) is 8.10. The standard InChI is InChI=1S/C18H24N2O4S2/c1-3-4-5-13-6-8-14(9-7-13)20-15-11-26(22,23)12-16(15)25-18(20)19-17(21)10-24-2/h6-9,15-16H,3-5,10-12H2,1-2H3/t15-,16-/m0/s1. The van der Waals surface area contributed by atoms with Crippen LogP contribution < -0.4 is 4.90 Å². The number of hydrogen-bond donors (Lipinski definition) is 0. The maximum atomic E-state index is 12.1. The van der Waals surface area contributed by atoms with Crippen molar-refractivity contribution < 1.29 is 17.9 Å². The summed E-state index contributed by atoms with van der Waals surface area (Å²) in [6.45, 7) is 2.08. The largest absolute Gasteiger partial charge is 0.375 e. The third kappa shape index (κ3) is 4.29. The number of anilines is 1. The SMILES string of the molecule is CCCCc1ccc(N2C(=NC(=O)COC)S[C@H]3CS(=O)(=O)C[C@@H]32)cc1. The number of carbonyl (C=O) groups is 1. The summed E-state index contributed by atoms with van der Waals surface area (Å²) in [7, 11) is -1.60. The van der Waals surface area contributed by atoms with Gasteiger partial charge in [-0.05, 0) is 30.5 Å². The molecule has 0 N–H and O–H groups in total. The minimum Gasteiger partial charge on any atom is -0.375 e. The Kier molecular flexibility index (Phi) is 6.04. The highest BCUT2D eigenvalue weighted by molar-refractivity contribution is 8.16. The van der Waals surface area contributed by atoms with Gasteiger partial charge in [0.25, 0.3) is 5.91 Å². The predicted octanol–water partition coefficient (Wildman–Crippen LogP) is 2.28. The number of carbonyl (C=O) groups excluding carboxylic acids is 1. The molecule has 1 aromatic rings. The highest BCUT2D eigenvalue weighted by Crippen LogP contribution is 2.41. The fourth-order valence-corrected chi connectivity index (χ4v) is 7.26. The molecule has 0 radical (unpaired) electrons. The molecule has 0 aliphatic carbocycles. The highest BCUT2D eigenvalue weighted by atomic mass is 32.2. The first-order valence-corrected chi connectivity index (χ1v) is 11.5. The van der Waals surface area contributed by atoms with Crippen LogP contribution in [0.15, 0.2) is 29.3 Å². The molecule has 3 rings (SSSR count). The monoisotopic (exact) mass is 396 g/mol. The van der Waals surface area contributed by atoms with E-state index in [1.165, 1.54) is 24.4 Å². The lowest BCUT2D eigenvalue weighted by atomic mass is 10.1. The van der Waals surface area contributed by atoms with Crippen molar-refractivity contribution in [1.82, 2.24) is 0 Å². The number of aliphatic imine (C=N–C) groups is 1. The zero-order chi connectivity index (χ0) is 18.7. The van der Waals surface area contributed by atoms with Gasteiger partial charge in [0, 0.05) is 18.0 Å². The van der Waals surface area contributed by atoms with Gasteiger partial charge in [-0.1, -0.05) is 37.2 Å². The zero-order valence-electron chi connectivity index (χ0n) is 15.1. The first-order chi connectivity index (χ1) is 12.4. The van der Waals surface area contributed by atoms with Gasteiger partial charge < -0.3 is 9.64 Å². The summed E-state index contributed by atoms with van der Waals surface area (Å²) in [5.74, 6) is -0.132. The topological polar surface area (TPSA) is 76.0 Å². The van der Waals surface area contributed by atoms with Crippen LogP contribution in [-0.2, 0) is 25.8 Å². The number of amidine groups is 1. The number of rotatable bonds is 6. The van der Waals surface area contributed by atoms with Crippen molar-refractivity contribution in [3.05, 3.63) is 29.8 Å². The van der Waals surface area contributed by atoms with E-state index in [1.54, 1.807) is 0 Å². The molecule has 2 heterocycles. The van der Waals surface area contributed by atoms with Crippen LogP contribution in [0.5, 0.6) is 0 Å². The van der Waals surface area contributed by atoms with Gasteiger partial charge >= 0.3 is 0 Å². The summed E-state index contributed by atoms with van der Waals surface area (Å²) in [6, 6.07) is 7.95. The Balaban J connectivity index is 1.89. The van der Waals surface area contributed by atoms with Crippen molar-refractivity contribution in [3.63, 3.8) is 0 Å². The van der Waals surface area contributed by atoms with Crippen molar-refractivity contribution in [3.8, 4) is 0 Å². The van der Waals surface area contributed by atoms with Gasteiger partial charge in [-0.25, -0.2) is 8.42 Å². The van der Waals surface area contributed by atoms with Crippen LogP contribution in [0, 0.1) is 0 Å². The minimum absolute atomic E-state index is 0.0819. The molecule has 0 spiro atoms. The number of nitrogens with zero attached hydrogens (tertiary/aromatic N) is 2. The molecule has 0 aromatic heterocycles. The quantitative estimate of drug-likeness (QED) is 0.734.